The van der Waals surface area contributed by atoms with Crippen LogP contribution < -0.4 is 9.64 Å². The summed E-state index contributed by atoms with van der Waals surface area (Å²) in [6, 6.07) is 9.55. The van der Waals surface area contributed by atoms with E-state index in [0.717, 1.165) is 42.4 Å². The van der Waals surface area contributed by atoms with Crippen molar-refractivity contribution in [3.8, 4) is 5.75 Å². The number of allylic oxidation sites excluding steroid dienone is 2. The number of nitrogens with zero attached hydrogens (tertiary/aromatic N) is 6. The van der Waals surface area contributed by atoms with E-state index in [1.807, 2.05) is 34.7 Å². The molecule has 1 aromatic carbocycles. The van der Waals surface area contributed by atoms with Crippen molar-refractivity contribution in [1.29, 1.82) is 5.41 Å². The molecule has 3 aromatic heterocycles. The first-order valence-corrected chi connectivity index (χ1v) is 10.8. The number of benzene rings is 1. The molecule has 9 nitrogen and oxygen atoms in total. The zero-order valence-electron chi connectivity index (χ0n) is 18.8. The van der Waals surface area contributed by atoms with Crippen molar-refractivity contribution in [1.82, 2.24) is 24.6 Å². The molecule has 1 aliphatic heterocycles. The summed E-state index contributed by atoms with van der Waals surface area (Å²) in [5.74, 6) is 2.13. The Kier molecular flexibility index (Phi) is 5.16. The topological polar surface area (TPSA) is 113 Å². The Morgan fingerprint density at radius 2 is 2.00 bits per heavy atom. The molecular weight excluding hydrogens is 418 g/mol. The lowest BCUT2D eigenvalue weighted by Gasteiger charge is -2.32. The quantitative estimate of drug-likeness (QED) is 0.344. The van der Waals surface area contributed by atoms with Gasteiger partial charge in [0.1, 0.15) is 11.6 Å². The summed E-state index contributed by atoms with van der Waals surface area (Å²) in [6.45, 7) is 5.05. The largest absolute Gasteiger partial charge is 0.512 e. The molecule has 168 valence electrons. The molecule has 4 aromatic rings. The highest BCUT2D eigenvalue weighted by molar-refractivity contribution is 6.22. The third kappa shape index (κ3) is 3.55. The molecule has 5 rings (SSSR count). The number of fused-ring (bicyclic) bond motifs is 3. The van der Waals surface area contributed by atoms with Gasteiger partial charge in [-0.25, -0.2) is 4.98 Å². The van der Waals surface area contributed by atoms with Crippen molar-refractivity contribution in [3.05, 3.63) is 59.4 Å². The smallest absolute Gasteiger partial charge is 0.204 e. The third-order valence-electron chi connectivity index (χ3n) is 5.92. The van der Waals surface area contributed by atoms with E-state index in [1.54, 1.807) is 27.2 Å². The van der Waals surface area contributed by atoms with Crippen molar-refractivity contribution in [2.75, 3.05) is 25.1 Å². The molecule has 33 heavy (non-hydrogen) atoms. The molecule has 1 aliphatic rings. The maximum absolute atomic E-state index is 10.3. The van der Waals surface area contributed by atoms with Crippen molar-refractivity contribution in [2.45, 2.75) is 26.7 Å². The maximum atomic E-state index is 10.3. The van der Waals surface area contributed by atoms with Crippen LogP contribution in [0.15, 0.2) is 42.3 Å². The van der Waals surface area contributed by atoms with Crippen LogP contribution in [-0.2, 0) is 6.42 Å². The lowest BCUT2D eigenvalue weighted by Crippen LogP contribution is -2.38. The molecule has 0 radical (unpaired) electrons. The lowest BCUT2D eigenvalue weighted by molar-refractivity contribution is 0.409. The number of nitrogens with one attached hydrogen (secondary N) is 1. The molecule has 0 atom stereocenters. The zero-order chi connectivity index (χ0) is 23.1. The normalized spacial score (nSPS) is 14.3. The number of rotatable bonds is 6. The molecular formula is C24H25N7O2. The summed E-state index contributed by atoms with van der Waals surface area (Å²) >= 11 is 0. The molecule has 0 bridgehead atoms. The van der Waals surface area contributed by atoms with Crippen LogP contribution in [0, 0.1) is 5.41 Å². The fourth-order valence-electron chi connectivity index (χ4n) is 4.26. The van der Waals surface area contributed by atoms with E-state index in [4.69, 9.17) is 15.1 Å². The highest BCUT2D eigenvalue weighted by atomic mass is 16.5. The van der Waals surface area contributed by atoms with Crippen LogP contribution in [0.2, 0.25) is 0 Å². The van der Waals surface area contributed by atoms with E-state index in [1.165, 1.54) is 0 Å². The summed E-state index contributed by atoms with van der Waals surface area (Å²) < 4.78 is 7.70. The minimum absolute atomic E-state index is 0.0596. The Hall–Kier alpha value is -4.01. The molecule has 4 heterocycles. The molecule has 1 saturated heterocycles. The van der Waals surface area contributed by atoms with Crippen LogP contribution in [0.4, 0.5) is 5.82 Å². The predicted octanol–water partition coefficient (Wildman–Crippen LogP) is 3.81. The average Bonchev–Trinajstić information content (AvgIpc) is 3.16. The minimum atomic E-state index is 0.0596. The molecule has 1 fully saturated rings. The van der Waals surface area contributed by atoms with Crippen molar-refractivity contribution < 1.29 is 9.84 Å². The van der Waals surface area contributed by atoms with Crippen molar-refractivity contribution >= 4 is 33.8 Å². The maximum Gasteiger partial charge on any atom is 0.204 e. The van der Waals surface area contributed by atoms with Crippen LogP contribution in [0.25, 0.3) is 22.3 Å². The van der Waals surface area contributed by atoms with Gasteiger partial charge in [-0.05, 0) is 38.5 Å². The van der Waals surface area contributed by atoms with E-state index in [0.29, 0.717) is 34.5 Å². The van der Waals surface area contributed by atoms with Gasteiger partial charge in [0.2, 0.25) is 5.65 Å². The Bertz CT molecular complexity index is 1400. The summed E-state index contributed by atoms with van der Waals surface area (Å²) in [5, 5.41) is 27.5. The highest BCUT2D eigenvalue weighted by Crippen LogP contribution is 2.35. The van der Waals surface area contributed by atoms with E-state index >= 15 is 0 Å². The van der Waals surface area contributed by atoms with Gasteiger partial charge in [0, 0.05) is 47.9 Å². The van der Waals surface area contributed by atoms with Crippen molar-refractivity contribution in [3.63, 3.8) is 0 Å². The second-order valence-corrected chi connectivity index (χ2v) is 8.18. The summed E-state index contributed by atoms with van der Waals surface area (Å²) in [4.78, 5) is 11.6. The predicted molar refractivity (Wildman–Crippen MR) is 127 cm³/mol. The Morgan fingerprint density at radius 3 is 2.61 bits per heavy atom. The van der Waals surface area contributed by atoms with E-state index < -0.39 is 0 Å². The van der Waals surface area contributed by atoms with E-state index in [-0.39, 0.29) is 11.5 Å². The first-order valence-electron chi connectivity index (χ1n) is 10.8. The lowest BCUT2D eigenvalue weighted by atomic mass is 9.99. The summed E-state index contributed by atoms with van der Waals surface area (Å²) in [6.07, 6.45) is 3.40. The van der Waals surface area contributed by atoms with E-state index in [2.05, 4.69) is 20.1 Å². The molecule has 0 unspecified atom stereocenters. The molecule has 0 amide bonds. The zero-order valence-corrected chi connectivity index (χ0v) is 18.8. The number of pyridine rings is 1. The number of anilines is 1. The number of ether oxygens (including phenoxy) is 1. The van der Waals surface area contributed by atoms with Gasteiger partial charge in [-0.15, -0.1) is 10.2 Å². The van der Waals surface area contributed by atoms with Crippen molar-refractivity contribution in [2.24, 2.45) is 0 Å². The second kappa shape index (κ2) is 8.16. The number of hydrogen-bond acceptors (Lipinski definition) is 8. The molecule has 0 aliphatic carbocycles. The standard InChI is InChI=1S/C24H25N7O2/c1-14(25)22(15(2)32)17-12-18-19(13-20(17)33-3)31-21(11-16-7-4-5-8-26-16)28-29-24(31)23(27-18)30-9-6-10-30/h4-5,7-8,12-13,25,32H,6,9-11H2,1-3H3/b22-15+,25-14?. The van der Waals surface area contributed by atoms with Gasteiger partial charge in [-0.1, -0.05) is 6.07 Å². The number of aliphatic hydroxyl groups excluding tert-OH is 1. The molecule has 2 N–H and O–H groups in total. The number of hydrogen-bond donors (Lipinski definition) is 2. The molecule has 9 heteroatoms. The van der Waals surface area contributed by atoms with Crippen LogP contribution in [0.1, 0.15) is 37.4 Å². The van der Waals surface area contributed by atoms with Crippen LogP contribution in [0.5, 0.6) is 5.75 Å². The van der Waals surface area contributed by atoms with Gasteiger partial charge < -0.3 is 20.2 Å². The Labute approximate surface area is 190 Å². The number of aromatic nitrogens is 5. The SMILES string of the molecule is COc1cc2c(cc1/C(C(C)=N)=C(\C)O)nc(N1CCC1)c1nnc(Cc3ccccn3)n12. The minimum Gasteiger partial charge on any atom is -0.512 e. The van der Waals surface area contributed by atoms with Gasteiger partial charge in [0.05, 0.1) is 30.3 Å². The van der Waals surface area contributed by atoms with Gasteiger partial charge in [-0.3, -0.25) is 9.38 Å². The van der Waals surface area contributed by atoms with Crippen LogP contribution >= 0.6 is 0 Å². The summed E-state index contributed by atoms with van der Waals surface area (Å²) in [5.41, 5.74) is 4.39. The molecule has 0 saturated carbocycles. The average molecular weight is 444 g/mol. The third-order valence-corrected chi connectivity index (χ3v) is 5.92. The number of methoxy groups -OCH3 is 1. The van der Waals surface area contributed by atoms with Crippen LogP contribution in [-0.4, -0.2) is 55.6 Å². The first kappa shape index (κ1) is 20.9. The van der Waals surface area contributed by atoms with E-state index in [9.17, 15) is 5.11 Å². The fourth-order valence-corrected chi connectivity index (χ4v) is 4.26. The Morgan fingerprint density at radius 1 is 1.18 bits per heavy atom. The van der Waals surface area contributed by atoms with Gasteiger partial charge in [-0.2, -0.15) is 0 Å². The summed E-state index contributed by atoms with van der Waals surface area (Å²) in [7, 11) is 1.58. The van der Waals surface area contributed by atoms with Gasteiger partial charge >= 0.3 is 0 Å². The molecule has 0 spiro atoms. The Balaban J connectivity index is 1.80. The van der Waals surface area contributed by atoms with Crippen LogP contribution in [0.3, 0.4) is 0 Å². The fraction of sp³-hybridized carbons (Fsp3) is 0.292. The second-order valence-electron chi connectivity index (χ2n) is 8.18. The first-order chi connectivity index (χ1) is 16.0. The highest BCUT2D eigenvalue weighted by Gasteiger charge is 2.25. The van der Waals surface area contributed by atoms with Gasteiger partial charge in [0.25, 0.3) is 0 Å². The monoisotopic (exact) mass is 443 g/mol. The van der Waals surface area contributed by atoms with Gasteiger partial charge in [0.15, 0.2) is 5.82 Å². The number of aliphatic hydroxyl groups is 1.